The Bertz CT molecular complexity index is 264. The van der Waals surface area contributed by atoms with Gasteiger partial charge in [-0.25, -0.2) is 4.79 Å². The first-order chi connectivity index (χ1) is 7.22. The molecule has 0 aromatic heterocycles. The number of carbonyl (C=O) groups excluding carboxylic acids is 1. The van der Waals surface area contributed by atoms with Crippen molar-refractivity contribution in [3.63, 3.8) is 0 Å². The number of carboxylic acid groups (broad SMARTS) is 1. The van der Waals surface area contributed by atoms with Gasteiger partial charge in [-0.3, -0.25) is 4.79 Å². The third-order valence-corrected chi connectivity index (χ3v) is 2.32. The molecule has 16 heavy (non-hydrogen) atoms. The van der Waals surface area contributed by atoms with Crippen LogP contribution < -0.4 is 11.1 Å². The summed E-state index contributed by atoms with van der Waals surface area (Å²) in [5.41, 5.74) is 4.62. The van der Waals surface area contributed by atoms with Gasteiger partial charge in [-0.1, -0.05) is 13.3 Å². The average molecular weight is 232 g/mol. The van der Waals surface area contributed by atoms with E-state index in [2.05, 4.69) is 5.32 Å². The van der Waals surface area contributed by atoms with Gasteiger partial charge in [-0.15, -0.1) is 0 Å². The lowest BCUT2D eigenvalue weighted by atomic mass is 9.96. The second-order valence-electron chi connectivity index (χ2n) is 4.20. The smallest absolute Gasteiger partial charge is 0.328 e. The molecule has 0 spiro atoms. The van der Waals surface area contributed by atoms with Gasteiger partial charge in [-0.2, -0.15) is 0 Å². The van der Waals surface area contributed by atoms with E-state index >= 15 is 0 Å². The molecule has 0 aliphatic rings. The van der Waals surface area contributed by atoms with Crippen LogP contribution in [0.2, 0.25) is 0 Å². The predicted octanol–water partition coefficient (Wildman–Crippen LogP) is -0.546. The maximum atomic E-state index is 11.7. The number of carbonyl (C=O) groups is 2. The molecule has 0 aliphatic heterocycles. The number of carboxylic acids is 1. The van der Waals surface area contributed by atoms with Gasteiger partial charge < -0.3 is 21.3 Å². The van der Waals surface area contributed by atoms with Gasteiger partial charge in [0.15, 0.2) is 6.04 Å². The summed E-state index contributed by atoms with van der Waals surface area (Å²) in [7, 11) is 0. The molecule has 5 N–H and O–H groups in total. The molecular formula is C10H20N2O4. The van der Waals surface area contributed by atoms with E-state index in [-0.39, 0.29) is 0 Å². The van der Waals surface area contributed by atoms with Gasteiger partial charge in [0.05, 0.1) is 11.6 Å². The van der Waals surface area contributed by atoms with Crippen molar-refractivity contribution in [2.45, 2.75) is 51.3 Å². The zero-order valence-corrected chi connectivity index (χ0v) is 9.86. The predicted molar refractivity (Wildman–Crippen MR) is 58.7 cm³/mol. The summed E-state index contributed by atoms with van der Waals surface area (Å²) >= 11 is 0. The summed E-state index contributed by atoms with van der Waals surface area (Å²) in [5.74, 6) is -1.85. The van der Waals surface area contributed by atoms with Gasteiger partial charge in [0, 0.05) is 0 Å². The van der Waals surface area contributed by atoms with Crippen molar-refractivity contribution in [3.8, 4) is 0 Å². The van der Waals surface area contributed by atoms with Gasteiger partial charge >= 0.3 is 5.97 Å². The lowest BCUT2D eigenvalue weighted by molar-refractivity contribution is -0.145. The molecule has 1 amide bonds. The average Bonchev–Trinajstić information content (AvgIpc) is 2.12. The second kappa shape index (κ2) is 5.81. The molecule has 3 unspecified atom stereocenters. The molecule has 0 aromatic carbocycles. The molecule has 0 saturated carbocycles. The van der Waals surface area contributed by atoms with Crippen LogP contribution in [0.5, 0.6) is 0 Å². The molecule has 0 aromatic rings. The zero-order chi connectivity index (χ0) is 12.9. The molecule has 94 valence electrons. The number of hydrogen-bond acceptors (Lipinski definition) is 4. The largest absolute Gasteiger partial charge is 0.480 e. The van der Waals surface area contributed by atoms with Crippen molar-refractivity contribution < 1.29 is 19.8 Å². The number of hydrogen-bond donors (Lipinski definition) is 4. The number of amides is 1. The SMILES string of the molecule is CCCC(C)(N)C(=O)NC(C(=O)O)C(C)O. The summed E-state index contributed by atoms with van der Waals surface area (Å²) in [6, 6.07) is -1.33. The minimum atomic E-state index is -1.33. The van der Waals surface area contributed by atoms with E-state index in [1.807, 2.05) is 6.92 Å². The number of nitrogens with one attached hydrogen (secondary N) is 1. The van der Waals surface area contributed by atoms with E-state index in [0.29, 0.717) is 12.8 Å². The zero-order valence-electron chi connectivity index (χ0n) is 9.86. The Kier molecular flexibility index (Phi) is 5.40. The van der Waals surface area contributed by atoms with Crippen LogP contribution in [0.15, 0.2) is 0 Å². The van der Waals surface area contributed by atoms with Crippen LogP contribution in [-0.4, -0.2) is 39.8 Å². The number of aliphatic hydroxyl groups excluding tert-OH is 1. The third kappa shape index (κ3) is 4.16. The topological polar surface area (TPSA) is 113 Å². The Balaban J connectivity index is 4.58. The van der Waals surface area contributed by atoms with Gasteiger partial charge in [0.25, 0.3) is 0 Å². The second-order valence-corrected chi connectivity index (χ2v) is 4.20. The molecule has 6 heteroatoms. The van der Waals surface area contributed by atoms with Crippen molar-refractivity contribution >= 4 is 11.9 Å². The maximum Gasteiger partial charge on any atom is 0.328 e. The lowest BCUT2D eigenvalue weighted by Crippen LogP contribution is -2.58. The Morgan fingerprint density at radius 2 is 2.00 bits per heavy atom. The number of nitrogens with two attached hydrogens (primary N) is 1. The van der Waals surface area contributed by atoms with Crippen LogP contribution in [0.4, 0.5) is 0 Å². The highest BCUT2D eigenvalue weighted by atomic mass is 16.4. The Morgan fingerprint density at radius 3 is 2.31 bits per heavy atom. The number of aliphatic hydroxyl groups is 1. The van der Waals surface area contributed by atoms with Crippen LogP contribution >= 0.6 is 0 Å². The molecule has 0 bridgehead atoms. The molecule has 6 nitrogen and oxygen atoms in total. The minimum absolute atomic E-state index is 0.449. The molecular weight excluding hydrogens is 212 g/mol. The highest BCUT2D eigenvalue weighted by Gasteiger charge is 2.32. The van der Waals surface area contributed by atoms with Crippen LogP contribution in [0.3, 0.4) is 0 Å². The molecule has 0 fully saturated rings. The highest BCUT2D eigenvalue weighted by Crippen LogP contribution is 2.09. The summed E-state index contributed by atoms with van der Waals surface area (Å²) in [5, 5.41) is 20.2. The molecule has 0 saturated heterocycles. The fourth-order valence-electron chi connectivity index (χ4n) is 1.33. The fourth-order valence-corrected chi connectivity index (χ4v) is 1.33. The van der Waals surface area contributed by atoms with Crippen LogP contribution in [0.1, 0.15) is 33.6 Å². The molecule has 0 rings (SSSR count). The van der Waals surface area contributed by atoms with E-state index in [9.17, 15) is 14.7 Å². The van der Waals surface area contributed by atoms with Gasteiger partial charge in [-0.05, 0) is 20.3 Å². The quantitative estimate of drug-likeness (QED) is 0.491. The van der Waals surface area contributed by atoms with Crippen LogP contribution in [0, 0.1) is 0 Å². The Morgan fingerprint density at radius 1 is 1.50 bits per heavy atom. The number of aliphatic carboxylic acids is 1. The first kappa shape index (κ1) is 14.9. The third-order valence-electron chi connectivity index (χ3n) is 2.32. The normalized spacial score (nSPS) is 18.3. The first-order valence-corrected chi connectivity index (χ1v) is 5.23. The van der Waals surface area contributed by atoms with E-state index in [4.69, 9.17) is 10.8 Å². The van der Waals surface area contributed by atoms with Crippen LogP contribution in [-0.2, 0) is 9.59 Å². The highest BCUT2D eigenvalue weighted by molar-refractivity contribution is 5.89. The van der Waals surface area contributed by atoms with Crippen molar-refractivity contribution in [1.82, 2.24) is 5.32 Å². The van der Waals surface area contributed by atoms with E-state index in [0.717, 1.165) is 0 Å². The van der Waals surface area contributed by atoms with E-state index in [1.165, 1.54) is 13.8 Å². The van der Waals surface area contributed by atoms with E-state index in [1.54, 1.807) is 0 Å². The summed E-state index contributed by atoms with van der Waals surface area (Å²) in [6.07, 6.45) is -0.00320. The molecule has 0 radical (unpaired) electrons. The monoisotopic (exact) mass is 232 g/mol. The standard InChI is InChI=1S/C10H20N2O4/c1-4-5-10(3,11)9(16)12-7(6(2)13)8(14)15/h6-7,13H,4-5,11H2,1-3H3,(H,12,16)(H,14,15). The van der Waals surface area contributed by atoms with Crippen molar-refractivity contribution in [2.75, 3.05) is 0 Å². The lowest BCUT2D eigenvalue weighted by Gasteiger charge is -2.26. The number of rotatable bonds is 6. The minimum Gasteiger partial charge on any atom is -0.480 e. The molecule has 0 heterocycles. The summed E-state index contributed by atoms with van der Waals surface area (Å²) in [4.78, 5) is 22.4. The van der Waals surface area contributed by atoms with Gasteiger partial charge in [0.1, 0.15) is 0 Å². The fraction of sp³-hybridized carbons (Fsp3) is 0.800. The van der Waals surface area contributed by atoms with Crippen molar-refractivity contribution in [1.29, 1.82) is 0 Å². The molecule has 3 atom stereocenters. The summed E-state index contributed by atoms with van der Waals surface area (Å²) in [6.45, 7) is 4.71. The Labute approximate surface area is 94.8 Å². The molecule has 0 aliphatic carbocycles. The van der Waals surface area contributed by atoms with E-state index < -0.39 is 29.6 Å². The first-order valence-electron chi connectivity index (χ1n) is 5.23. The van der Waals surface area contributed by atoms with Crippen molar-refractivity contribution in [3.05, 3.63) is 0 Å². The Hall–Kier alpha value is -1.14. The van der Waals surface area contributed by atoms with Crippen molar-refractivity contribution in [2.24, 2.45) is 5.73 Å². The summed E-state index contributed by atoms with van der Waals surface area (Å²) < 4.78 is 0. The van der Waals surface area contributed by atoms with Crippen LogP contribution in [0.25, 0.3) is 0 Å². The maximum absolute atomic E-state index is 11.7. The van der Waals surface area contributed by atoms with Gasteiger partial charge in [0.2, 0.25) is 5.91 Å².